The molecule has 0 bridgehead atoms. The first-order valence-corrected chi connectivity index (χ1v) is 10.3. The number of pyridine rings is 2. The molecule has 1 aromatic carbocycles. The van der Waals surface area contributed by atoms with Crippen molar-refractivity contribution in [3.63, 3.8) is 0 Å². The molecule has 0 aliphatic carbocycles. The number of hydrogen-bond donors (Lipinski definition) is 2. The molecule has 0 aliphatic heterocycles. The maximum absolute atomic E-state index is 12.8. The summed E-state index contributed by atoms with van der Waals surface area (Å²) in [6.45, 7) is 1.88. The van der Waals surface area contributed by atoms with Crippen molar-refractivity contribution in [3.8, 4) is 0 Å². The summed E-state index contributed by atoms with van der Waals surface area (Å²) in [6, 6.07) is 16.5. The van der Waals surface area contributed by atoms with Crippen LogP contribution in [0.4, 0.5) is 13.2 Å². The van der Waals surface area contributed by atoms with E-state index in [-0.39, 0.29) is 11.9 Å². The second-order valence-electron chi connectivity index (χ2n) is 7.47. The Morgan fingerprint density at radius 1 is 1.03 bits per heavy atom. The second kappa shape index (κ2) is 10.4. The highest BCUT2D eigenvalue weighted by atomic mass is 19.4. The van der Waals surface area contributed by atoms with Crippen LogP contribution in [-0.2, 0) is 17.4 Å². The summed E-state index contributed by atoms with van der Waals surface area (Å²) < 4.78 is 38.4. The first-order valence-electron chi connectivity index (χ1n) is 10.3. The third kappa shape index (κ3) is 6.13. The monoisotopic (exact) mass is 442 g/mol. The zero-order valence-corrected chi connectivity index (χ0v) is 17.9. The molecule has 0 saturated carbocycles. The number of aryl methyl sites for hydroxylation is 2. The molecule has 5 nitrogen and oxygen atoms in total. The number of rotatable bonds is 8. The van der Waals surface area contributed by atoms with Crippen LogP contribution in [0.25, 0.3) is 0 Å². The minimum atomic E-state index is -4.47. The van der Waals surface area contributed by atoms with Crippen LogP contribution in [0, 0.1) is 6.92 Å². The Labute approximate surface area is 185 Å². The van der Waals surface area contributed by atoms with Crippen molar-refractivity contribution in [1.82, 2.24) is 20.6 Å². The first-order chi connectivity index (χ1) is 15.3. The van der Waals surface area contributed by atoms with Crippen molar-refractivity contribution in [2.24, 2.45) is 0 Å². The molecule has 0 aliphatic rings. The third-order valence-corrected chi connectivity index (χ3v) is 5.11. The topological polar surface area (TPSA) is 66.9 Å². The fourth-order valence-electron chi connectivity index (χ4n) is 3.44. The van der Waals surface area contributed by atoms with Crippen LogP contribution in [0.3, 0.4) is 0 Å². The molecule has 1 amide bonds. The molecular formula is C24H25F3N4O. The van der Waals surface area contributed by atoms with Crippen molar-refractivity contribution >= 4 is 5.91 Å². The van der Waals surface area contributed by atoms with Gasteiger partial charge in [0.1, 0.15) is 11.7 Å². The number of nitrogens with one attached hydrogen (secondary N) is 2. The third-order valence-electron chi connectivity index (χ3n) is 5.11. The fourth-order valence-corrected chi connectivity index (χ4v) is 3.44. The average Bonchev–Trinajstić information content (AvgIpc) is 2.79. The van der Waals surface area contributed by atoms with Gasteiger partial charge in [-0.2, -0.15) is 13.2 Å². The van der Waals surface area contributed by atoms with Crippen molar-refractivity contribution in [3.05, 3.63) is 95.1 Å². The number of hydrogen-bond acceptors (Lipinski definition) is 4. The van der Waals surface area contributed by atoms with Crippen LogP contribution in [0.5, 0.6) is 0 Å². The fraction of sp³-hybridized carbons (Fsp3) is 0.292. The molecule has 2 heterocycles. The summed E-state index contributed by atoms with van der Waals surface area (Å²) in [5.74, 6) is -0.190. The van der Waals surface area contributed by atoms with Crippen molar-refractivity contribution in [2.75, 3.05) is 7.05 Å². The number of halogens is 3. The molecule has 2 unspecified atom stereocenters. The van der Waals surface area contributed by atoms with E-state index in [1.165, 1.54) is 12.3 Å². The zero-order valence-electron chi connectivity index (χ0n) is 17.9. The Kier molecular flexibility index (Phi) is 7.58. The van der Waals surface area contributed by atoms with Crippen LogP contribution in [0.1, 0.15) is 46.7 Å². The standard InChI is InChI=1S/C24H25F3N4O/c1-16-7-6-10-19(30-16)20(13-11-17-12-14-21(29-15-17)24(25,26)27)31-22(23(32)28-2)18-8-4-3-5-9-18/h3-10,12,14-15,20,22,31H,11,13H2,1-2H3,(H,28,32). The van der Waals surface area contributed by atoms with Gasteiger partial charge < -0.3 is 5.32 Å². The van der Waals surface area contributed by atoms with Crippen molar-refractivity contribution in [2.45, 2.75) is 38.0 Å². The second-order valence-corrected chi connectivity index (χ2v) is 7.47. The Morgan fingerprint density at radius 3 is 2.38 bits per heavy atom. The first kappa shape index (κ1) is 23.4. The lowest BCUT2D eigenvalue weighted by Crippen LogP contribution is -2.38. The number of nitrogens with zero attached hydrogens (tertiary/aromatic N) is 2. The summed E-state index contributed by atoms with van der Waals surface area (Å²) in [4.78, 5) is 20.8. The predicted octanol–water partition coefficient (Wildman–Crippen LogP) is 4.55. The molecule has 0 saturated heterocycles. The van der Waals surface area contributed by atoms with E-state index in [4.69, 9.17) is 0 Å². The van der Waals surface area contributed by atoms with E-state index >= 15 is 0 Å². The average molecular weight is 442 g/mol. The van der Waals surface area contributed by atoms with Gasteiger partial charge in [0, 0.05) is 18.9 Å². The van der Waals surface area contributed by atoms with Crippen LogP contribution in [-0.4, -0.2) is 22.9 Å². The quantitative estimate of drug-likeness (QED) is 0.537. The predicted molar refractivity (Wildman–Crippen MR) is 116 cm³/mol. The molecule has 2 N–H and O–H groups in total. The SMILES string of the molecule is CNC(=O)C(NC(CCc1ccc(C(F)(F)F)nc1)c1cccc(C)n1)c1ccccc1. The van der Waals surface area contributed by atoms with E-state index < -0.39 is 17.9 Å². The molecule has 3 rings (SSSR count). The maximum Gasteiger partial charge on any atom is 0.433 e. The van der Waals surface area contributed by atoms with Gasteiger partial charge in [0.15, 0.2) is 0 Å². The Hall–Kier alpha value is -3.26. The lowest BCUT2D eigenvalue weighted by atomic mass is 9.99. The molecule has 2 atom stereocenters. The van der Waals surface area contributed by atoms with Gasteiger partial charge in [-0.1, -0.05) is 42.5 Å². The Morgan fingerprint density at radius 2 is 1.78 bits per heavy atom. The van der Waals surface area contributed by atoms with E-state index in [1.54, 1.807) is 7.05 Å². The lowest BCUT2D eigenvalue weighted by molar-refractivity contribution is -0.141. The van der Waals surface area contributed by atoms with Crippen LogP contribution in [0.15, 0.2) is 66.9 Å². The van der Waals surface area contributed by atoms with Crippen molar-refractivity contribution in [1.29, 1.82) is 0 Å². The van der Waals surface area contributed by atoms with Crippen LogP contribution in [0.2, 0.25) is 0 Å². The molecule has 8 heteroatoms. The van der Waals surface area contributed by atoms with Gasteiger partial charge in [0.2, 0.25) is 5.91 Å². The molecule has 2 aromatic heterocycles. The van der Waals surface area contributed by atoms with Crippen molar-refractivity contribution < 1.29 is 18.0 Å². The van der Waals surface area contributed by atoms with Gasteiger partial charge in [0.25, 0.3) is 0 Å². The summed E-state index contributed by atoms with van der Waals surface area (Å²) in [6.07, 6.45) is -2.24. The summed E-state index contributed by atoms with van der Waals surface area (Å²) in [7, 11) is 1.58. The van der Waals surface area contributed by atoms with Gasteiger partial charge in [-0.3, -0.25) is 20.1 Å². The molecule has 168 valence electrons. The number of aromatic nitrogens is 2. The highest BCUT2D eigenvalue weighted by molar-refractivity contribution is 5.82. The smallest absolute Gasteiger partial charge is 0.358 e. The van der Waals surface area contributed by atoms with Gasteiger partial charge in [-0.05, 0) is 49.1 Å². The number of carbonyl (C=O) groups is 1. The van der Waals surface area contributed by atoms with E-state index in [0.717, 1.165) is 23.0 Å². The number of amides is 1. The zero-order chi connectivity index (χ0) is 23.1. The number of carbonyl (C=O) groups excluding carboxylic acids is 1. The Bertz CT molecular complexity index is 1020. The van der Waals surface area contributed by atoms with Gasteiger partial charge in [-0.25, -0.2) is 0 Å². The largest absolute Gasteiger partial charge is 0.433 e. The van der Waals surface area contributed by atoms with E-state index in [9.17, 15) is 18.0 Å². The molecule has 0 radical (unpaired) electrons. The molecule has 32 heavy (non-hydrogen) atoms. The number of likely N-dealkylation sites (N-methyl/N-ethyl adjacent to an activating group) is 1. The molecular weight excluding hydrogens is 417 g/mol. The van der Waals surface area contributed by atoms with Gasteiger partial charge >= 0.3 is 6.18 Å². The van der Waals surface area contributed by atoms with E-state index in [2.05, 4.69) is 20.6 Å². The van der Waals surface area contributed by atoms with Gasteiger partial charge in [-0.15, -0.1) is 0 Å². The molecule has 0 fully saturated rings. The molecule has 0 spiro atoms. The highest BCUT2D eigenvalue weighted by Gasteiger charge is 2.32. The minimum absolute atomic E-state index is 0.190. The highest BCUT2D eigenvalue weighted by Crippen LogP contribution is 2.28. The van der Waals surface area contributed by atoms with Gasteiger partial charge in [0.05, 0.1) is 11.7 Å². The van der Waals surface area contributed by atoms with E-state index in [0.29, 0.717) is 18.4 Å². The normalized spacial score (nSPS) is 13.4. The van der Waals surface area contributed by atoms with Crippen LogP contribution < -0.4 is 10.6 Å². The van der Waals surface area contributed by atoms with E-state index in [1.807, 2.05) is 55.5 Å². The maximum atomic E-state index is 12.8. The number of alkyl halides is 3. The summed E-state index contributed by atoms with van der Waals surface area (Å²) in [5, 5.41) is 6.08. The summed E-state index contributed by atoms with van der Waals surface area (Å²) in [5.41, 5.74) is 2.16. The lowest BCUT2D eigenvalue weighted by Gasteiger charge is -2.25. The minimum Gasteiger partial charge on any atom is -0.358 e. The number of benzene rings is 1. The van der Waals surface area contributed by atoms with Crippen LogP contribution >= 0.6 is 0 Å². The molecule has 3 aromatic rings. The summed E-state index contributed by atoms with van der Waals surface area (Å²) >= 11 is 0. The Balaban J connectivity index is 1.84.